The van der Waals surface area contributed by atoms with Gasteiger partial charge in [0.15, 0.2) is 0 Å². The molecule has 0 saturated carbocycles. The van der Waals surface area contributed by atoms with Crippen LogP contribution in [-0.2, 0) is 0 Å². The third-order valence-electron chi connectivity index (χ3n) is 3.87. The van der Waals surface area contributed by atoms with Crippen LogP contribution in [0.25, 0.3) is 0 Å². The number of carbonyl (C=O) groups is 1. The minimum atomic E-state index is -0.0411. The van der Waals surface area contributed by atoms with Crippen molar-refractivity contribution >= 4 is 24.0 Å². The predicted molar refractivity (Wildman–Crippen MR) is 89.4 cm³/mol. The molecular weight excluding hydrogens is 276 g/mol. The first-order valence-corrected chi connectivity index (χ1v) is 7.31. The number of hydrogen-bond donors (Lipinski definition) is 2. The fourth-order valence-corrected chi connectivity index (χ4v) is 2.59. The summed E-state index contributed by atoms with van der Waals surface area (Å²) in [5.41, 5.74) is 3.99. The average molecular weight is 296 g/mol. The van der Waals surface area contributed by atoms with Gasteiger partial charge >= 0.3 is 0 Å². The molecule has 1 aliphatic heterocycles. The van der Waals surface area contributed by atoms with E-state index in [4.69, 9.17) is 11.8 Å². The highest BCUT2D eigenvalue weighted by Crippen LogP contribution is 2.25. The van der Waals surface area contributed by atoms with Gasteiger partial charge in [-0.25, -0.2) is 0 Å². The van der Waals surface area contributed by atoms with Crippen LogP contribution in [0.2, 0.25) is 0 Å². The van der Waals surface area contributed by atoms with Crippen LogP contribution in [0.1, 0.15) is 30.1 Å². The molecule has 0 radical (unpaired) electrons. The molecule has 5 heteroatoms. The lowest BCUT2D eigenvalue weighted by molar-refractivity contribution is 0.0599. The molecule has 1 aliphatic rings. The summed E-state index contributed by atoms with van der Waals surface area (Å²) in [7, 11) is 0. The van der Waals surface area contributed by atoms with Crippen molar-refractivity contribution in [2.75, 3.05) is 12.0 Å². The number of piperidine rings is 1. The summed E-state index contributed by atoms with van der Waals surface area (Å²) >= 11 is 0. The fraction of sp³-hybridized carbons (Fsp3) is 0.353. The average Bonchev–Trinajstić information content (AvgIpc) is 2.55. The van der Waals surface area contributed by atoms with Crippen molar-refractivity contribution in [1.29, 1.82) is 5.41 Å². The first-order valence-electron chi connectivity index (χ1n) is 7.31. The molecule has 1 aromatic rings. The lowest BCUT2D eigenvalue weighted by atomic mass is 9.93. The standard InChI is InChI=1S/C17H20N4O/c1-3-14-9-8-13(2)21(12-14)17(22)15-6-4-5-7-16(15)20-19-11-10-18/h1,4-7,10-11,13-14,18,20H,8-9,12H2,2H3/b18-10?,19-11-/t13-,14-/m1/s1. The van der Waals surface area contributed by atoms with Crippen molar-refractivity contribution < 1.29 is 4.79 Å². The van der Waals surface area contributed by atoms with Crippen molar-refractivity contribution in [2.24, 2.45) is 11.0 Å². The third kappa shape index (κ3) is 3.53. The Morgan fingerprint density at radius 3 is 3.00 bits per heavy atom. The largest absolute Gasteiger partial charge is 0.335 e. The number of amides is 1. The molecule has 0 aromatic heterocycles. The number of para-hydroxylation sites is 1. The summed E-state index contributed by atoms with van der Waals surface area (Å²) in [6.45, 7) is 2.64. The highest BCUT2D eigenvalue weighted by Gasteiger charge is 2.29. The van der Waals surface area contributed by atoms with Crippen LogP contribution in [0.15, 0.2) is 29.4 Å². The van der Waals surface area contributed by atoms with Crippen molar-refractivity contribution in [2.45, 2.75) is 25.8 Å². The Kier molecular flexibility index (Phi) is 5.31. The molecule has 22 heavy (non-hydrogen) atoms. The summed E-state index contributed by atoms with van der Waals surface area (Å²) in [5.74, 6) is 2.84. The van der Waals surface area contributed by atoms with Gasteiger partial charge in [0.1, 0.15) is 0 Å². The van der Waals surface area contributed by atoms with Gasteiger partial charge < -0.3 is 10.3 Å². The number of likely N-dealkylation sites (tertiary alicyclic amines) is 1. The van der Waals surface area contributed by atoms with E-state index < -0.39 is 0 Å². The van der Waals surface area contributed by atoms with Crippen LogP contribution in [0.5, 0.6) is 0 Å². The van der Waals surface area contributed by atoms with Gasteiger partial charge in [-0.15, -0.1) is 12.3 Å². The maximum atomic E-state index is 12.8. The molecule has 1 aromatic carbocycles. The lowest BCUT2D eigenvalue weighted by Gasteiger charge is -2.36. The van der Waals surface area contributed by atoms with Crippen molar-refractivity contribution in [1.82, 2.24) is 4.90 Å². The van der Waals surface area contributed by atoms with E-state index in [1.54, 1.807) is 12.1 Å². The van der Waals surface area contributed by atoms with E-state index in [-0.39, 0.29) is 17.9 Å². The number of carbonyl (C=O) groups excluding carboxylic acids is 1. The zero-order valence-corrected chi connectivity index (χ0v) is 12.6. The van der Waals surface area contributed by atoms with Gasteiger partial charge in [-0.2, -0.15) is 5.10 Å². The Balaban J connectivity index is 2.23. The minimum Gasteiger partial charge on any atom is -0.335 e. The number of anilines is 1. The molecule has 2 atom stereocenters. The van der Waals surface area contributed by atoms with Gasteiger partial charge in [-0.3, -0.25) is 10.2 Å². The highest BCUT2D eigenvalue weighted by molar-refractivity contribution is 6.14. The normalized spacial score (nSPS) is 21.4. The van der Waals surface area contributed by atoms with Gasteiger partial charge in [0.2, 0.25) is 0 Å². The van der Waals surface area contributed by atoms with Crippen LogP contribution < -0.4 is 5.43 Å². The van der Waals surface area contributed by atoms with E-state index in [2.05, 4.69) is 16.4 Å². The number of benzene rings is 1. The highest BCUT2D eigenvalue weighted by atomic mass is 16.2. The second kappa shape index (κ2) is 7.41. The quantitative estimate of drug-likeness (QED) is 0.509. The molecule has 1 saturated heterocycles. The first kappa shape index (κ1) is 15.8. The molecular formula is C17H20N4O. The number of nitrogens with one attached hydrogen (secondary N) is 2. The summed E-state index contributed by atoms with van der Waals surface area (Å²) in [6.07, 6.45) is 9.79. The van der Waals surface area contributed by atoms with E-state index in [0.717, 1.165) is 19.1 Å². The SMILES string of the molecule is C#C[C@@H]1CC[C@@H](C)N(C(=O)c2ccccc2N/N=C\C=N)C1. The Bertz CT molecular complexity index is 617. The maximum Gasteiger partial charge on any atom is 0.256 e. The van der Waals surface area contributed by atoms with E-state index in [1.165, 1.54) is 6.21 Å². The van der Waals surface area contributed by atoms with Crippen LogP contribution in [0.3, 0.4) is 0 Å². The van der Waals surface area contributed by atoms with Gasteiger partial charge in [0, 0.05) is 24.7 Å². The van der Waals surface area contributed by atoms with Gasteiger partial charge in [-0.1, -0.05) is 12.1 Å². The van der Waals surface area contributed by atoms with Crippen LogP contribution in [-0.4, -0.2) is 35.8 Å². The topological polar surface area (TPSA) is 68.6 Å². The number of hydrazone groups is 1. The Hall–Kier alpha value is -2.61. The summed E-state index contributed by atoms with van der Waals surface area (Å²) in [4.78, 5) is 14.7. The van der Waals surface area contributed by atoms with Crippen LogP contribution in [0.4, 0.5) is 5.69 Å². The van der Waals surface area contributed by atoms with E-state index in [1.807, 2.05) is 24.0 Å². The van der Waals surface area contributed by atoms with Gasteiger partial charge in [0.25, 0.3) is 5.91 Å². The number of nitrogens with zero attached hydrogens (tertiary/aromatic N) is 2. The summed E-state index contributed by atoms with van der Waals surface area (Å²) < 4.78 is 0. The number of hydrogen-bond acceptors (Lipinski definition) is 4. The zero-order chi connectivity index (χ0) is 15.9. The van der Waals surface area contributed by atoms with Crippen LogP contribution >= 0.6 is 0 Å². The third-order valence-corrected chi connectivity index (χ3v) is 3.87. The molecule has 1 heterocycles. The van der Waals surface area contributed by atoms with E-state index in [9.17, 15) is 4.79 Å². The Morgan fingerprint density at radius 1 is 1.50 bits per heavy atom. The van der Waals surface area contributed by atoms with Gasteiger partial charge in [-0.05, 0) is 31.9 Å². The molecule has 0 spiro atoms. The van der Waals surface area contributed by atoms with Gasteiger partial charge in [0.05, 0.1) is 17.5 Å². The monoisotopic (exact) mass is 296 g/mol. The maximum absolute atomic E-state index is 12.8. The smallest absolute Gasteiger partial charge is 0.256 e. The fourth-order valence-electron chi connectivity index (χ4n) is 2.59. The molecule has 2 N–H and O–H groups in total. The molecule has 1 fully saturated rings. The lowest BCUT2D eigenvalue weighted by Crippen LogP contribution is -2.45. The second-order valence-corrected chi connectivity index (χ2v) is 5.35. The predicted octanol–water partition coefficient (Wildman–Crippen LogP) is 2.61. The zero-order valence-electron chi connectivity index (χ0n) is 12.6. The van der Waals surface area contributed by atoms with E-state index in [0.29, 0.717) is 17.8 Å². The first-order chi connectivity index (χ1) is 10.7. The van der Waals surface area contributed by atoms with Crippen LogP contribution in [0, 0.1) is 23.7 Å². The molecule has 114 valence electrons. The molecule has 1 amide bonds. The number of rotatable bonds is 4. The molecule has 2 rings (SSSR count). The molecule has 0 bridgehead atoms. The van der Waals surface area contributed by atoms with E-state index >= 15 is 0 Å². The van der Waals surface area contributed by atoms with Crippen molar-refractivity contribution in [3.63, 3.8) is 0 Å². The number of terminal acetylenes is 1. The summed E-state index contributed by atoms with van der Waals surface area (Å²) in [5, 5.41) is 10.8. The second-order valence-electron chi connectivity index (χ2n) is 5.35. The molecule has 5 nitrogen and oxygen atoms in total. The van der Waals surface area contributed by atoms with Crippen molar-refractivity contribution in [3.05, 3.63) is 29.8 Å². The molecule has 0 unspecified atom stereocenters. The molecule has 0 aliphatic carbocycles. The van der Waals surface area contributed by atoms with Crippen molar-refractivity contribution in [3.8, 4) is 12.3 Å². The summed E-state index contributed by atoms with van der Waals surface area (Å²) in [6, 6.07) is 7.41. The Labute approximate surface area is 130 Å². The Morgan fingerprint density at radius 2 is 2.27 bits per heavy atom. The minimum absolute atomic E-state index is 0.0411.